The predicted molar refractivity (Wildman–Crippen MR) is 105 cm³/mol. The zero-order valence-corrected chi connectivity index (χ0v) is 15.6. The molecule has 146 valence electrons. The van der Waals surface area contributed by atoms with Crippen LogP contribution in [0.2, 0.25) is 0 Å². The highest BCUT2D eigenvalue weighted by molar-refractivity contribution is 5.90. The van der Waals surface area contributed by atoms with E-state index in [1.807, 2.05) is 18.2 Å². The summed E-state index contributed by atoms with van der Waals surface area (Å²) in [4.78, 5) is 15.5. The van der Waals surface area contributed by atoms with Crippen molar-refractivity contribution in [1.82, 2.24) is 4.90 Å². The van der Waals surface area contributed by atoms with Crippen LogP contribution in [0.3, 0.4) is 0 Å². The van der Waals surface area contributed by atoms with Crippen LogP contribution in [-0.2, 0) is 11.3 Å². The Hall–Kier alpha value is -2.70. The molecule has 1 fully saturated rings. The van der Waals surface area contributed by atoms with Gasteiger partial charge < -0.3 is 9.84 Å². The van der Waals surface area contributed by atoms with Gasteiger partial charge in [0.05, 0.1) is 18.3 Å². The number of cyclic esters (lactones) is 1. The Balaban J connectivity index is 1.47. The number of hydrogen-bond acceptors (Lipinski definition) is 4. The monoisotopic (exact) mass is 382 g/mol. The highest BCUT2D eigenvalue weighted by Gasteiger charge is 2.34. The van der Waals surface area contributed by atoms with E-state index in [1.54, 1.807) is 12.1 Å². The molecule has 2 aliphatic rings. The average molecular weight is 382 g/mol. The molecule has 0 aromatic heterocycles. The molecule has 4 rings (SSSR count). The molecule has 2 heterocycles. The number of aliphatic hydroxyl groups is 1. The zero-order chi connectivity index (χ0) is 19.5. The van der Waals surface area contributed by atoms with E-state index in [9.17, 15) is 14.3 Å². The summed E-state index contributed by atoms with van der Waals surface area (Å²) in [5, 5.41) is 9.39. The summed E-state index contributed by atoms with van der Waals surface area (Å²) in [6.07, 6.45) is 2.29. The van der Waals surface area contributed by atoms with Crippen LogP contribution in [0.25, 0.3) is 5.57 Å². The number of nitrogens with zero attached hydrogens (tertiary/aromatic N) is 2. The van der Waals surface area contributed by atoms with E-state index < -0.39 is 12.1 Å². The Morgan fingerprint density at radius 3 is 2.68 bits per heavy atom. The minimum Gasteiger partial charge on any atom is -0.447 e. The van der Waals surface area contributed by atoms with Crippen molar-refractivity contribution in [3.05, 3.63) is 71.6 Å². The second-order valence-electron chi connectivity index (χ2n) is 7.15. The van der Waals surface area contributed by atoms with Gasteiger partial charge in [0.15, 0.2) is 0 Å². The summed E-state index contributed by atoms with van der Waals surface area (Å²) in [6.45, 7) is 2.41. The molecule has 1 amide bonds. The Kier molecular flexibility index (Phi) is 5.41. The fourth-order valence-electron chi connectivity index (χ4n) is 3.77. The Labute approximate surface area is 163 Å². The molecule has 1 atom stereocenters. The van der Waals surface area contributed by atoms with Crippen molar-refractivity contribution < 1.29 is 19.0 Å². The highest BCUT2D eigenvalue weighted by Crippen LogP contribution is 2.30. The number of hydrogen-bond donors (Lipinski definition) is 1. The van der Waals surface area contributed by atoms with Crippen LogP contribution >= 0.6 is 0 Å². The van der Waals surface area contributed by atoms with Crippen LogP contribution in [0.1, 0.15) is 17.5 Å². The Morgan fingerprint density at radius 1 is 1.18 bits per heavy atom. The van der Waals surface area contributed by atoms with Gasteiger partial charge in [0.1, 0.15) is 12.4 Å². The summed E-state index contributed by atoms with van der Waals surface area (Å²) in [5.74, 6) is -0.364. The van der Waals surface area contributed by atoms with Crippen molar-refractivity contribution in [2.45, 2.75) is 19.0 Å². The molecule has 6 heteroatoms. The lowest BCUT2D eigenvalue weighted by molar-refractivity contribution is 0.174. The lowest BCUT2D eigenvalue weighted by atomic mass is 9.98. The predicted octanol–water partition coefficient (Wildman–Crippen LogP) is 3.43. The quantitative estimate of drug-likeness (QED) is 0.861. The average Bonchev–Trinajstić information content (AvgIpc) is 3.10. The van der Waals surface area contributed by atoms with Crippen LogP contribution in [-0.4, -0.2) is 48.4 Å². The van der Waals surface area contributed by atoms with E-state index in [0.29, 0.717) is 11.3 Å². The normalized spacial score (nSPS) is 20.2. The summed E-state index contributed by atoms with van der Waals surface area (Å²) in [5.41, 5.74) is 3.23. The van der Waals surface area contributed by atoms with Crippen LogP contribution in [0, 0.1) is 5.82 Å². The molecule has 0 spiro atoms. The molecule has 0 saturated carbocycles. The van der Waals surface area contributed by atoms with Crippen molar-refractivity contribution in [2.75, 3.05) is 31.2 Å². The van der Waals surface area contributed by atoms with Crippen LogP contribution < -0.4 is 4.90 Å². The maximum Gasteiger partial charge on any atom is 0.414 e. The second kappa shape index (κ2) is 8.12. The second-order valence-corrected chi connectivity index (χ2v) is 7.15. The third-order valence-corrected chi connectivity index (χ3v) is 5.29. The first-order chi connectivity index (χ1) is 13.7. The highest BCUT2D eigenvalue weighted by atomic mass is 19.1. The number of benzene rings is 2. The van der Waals surface area contributed by atoms with Gasteiger partial charge in [-0.1, -0.05) is 36.4 Å². The van der Waals surface area contributed by atoms with Crippen molar-refractivity contribution >= 4 is 17.4 Å². The lowest BCUT2D eigenvalue weighted by Gasteiger charge is -2.27. The molecule has 0 radical (unpaired) electrons. The van der Waals surface area contributed by atoms with E-state index in [1.165, 1.54) is 16.5 Å². The van der Waals surface area contributed by atoms with Gasteiger partial charge >= 0.3 is 6.09 Å². The maximum absolute atomic E-state index is 14.8. The fraction of sp³-hybridized carbons (Fsp3) is 0.318. The molecule has 2 aromatic carbocycles. The van der Waals surface area contributed by atoms with E-state index >= 15 is 0 Å². The van der Waals surface area contributed by atoms with Crippen molar-refractivity contribution in [3.8, 4) is 0 Å². The van der Waals surface area contributed by atoms with Gasteiger partial charge in [0.2, 0.25) is 0 Å². The first-order valence-corrected chi connectivity index (χ1v) is 9.48. The number of carbonyl (C=O) groups excluding carboxylic acids is 1. The number of ether oxygens (including phenoxy) is 1. The smallest absolute Gasteiger partial charge is 0.414 e. The van der Waals surface area contributed by atoms with E-state index in [0.717, 1.165) is 31.6 Å². The number of rotatable bonds is 5. The van der Waals surface area contributed by atoms with Gasteiger partial charge in [-0.15, -0.1) is 0 Å². The molecule has 1 N–H and O–H groups in total. The van der Waals surface area contributed by atoms with E-state index in [2.05, 4.69) is 23.1 Å². The van der Waals surface area contributed by atoms with Gasteiger partial charge in [-0.25, -0.2) is 9.18 Å². The number of aliphatic hydroxyl groups excluding tert-OH is 1. The molecule has 28 heavy (non-hydrogen) atoms. The summed E-state index contributed by atoms with van der Waals surface area (Å²) < 4.78 is 19.8. The zero-order valence-electron chi connectivity index (χ0n) is 15.6. The van der Waals surface area contributed by atoms with Crippen molar-refractivity contribution in [3.63, 3.8) is 0 Å². The molecule has 0 aliphatic carbocycles. The Morgan fingerprint density at radius 2 is 2.00 bits per heavy atom. The SMILES string of the molecule is O=C1OCC(CO)N1c1ccc(C2=CCN(Cc3ccccc3)CC2)c(F)c1. The van der Waals surface area contributed by atoms with Gasteiger partial charge in [-0.05, 0) is 35.8 Å². The maximum atomic E-state index is 14.8. The third kappa shape index (κ3) is 3.79. The van der Waals surface area contributed by atoms with Crippen LogP contribution in [0.15, 0.2) is 54.6 Å². The minimum atomic E-state index is -0.556. The molecule has 1 saturated heterocycles. The van der Waals surface area contributed by atoms with Gasteiger partial charge in [0, 0.05) is 25.2 Å². The number of carbonyl (C=O) groups is 1. The standard InChI is InChI=1S/C22H23FN2O3/c23-21-12-18(25-19(14-26)15-28-22(25)27)6-7-20(21)17-8-10-24(11-9-17)13-16-4-2-1-3-5-16/h1-8,12,19,26H,9-11,13-15H2. The van der Waals surface area contributed by atoms with Crippen LogP contribution in [0.5, 0.6) is 0 Å². The summed E-state index contributed by atoms with van der Waals surface area (Å²) in [7, 11) is 0. The molecule has 2 aliphatic heterocycles. The molecule has 1 unspecified atom stereocenters. The molecule has 2 aromatic rings. The van der Waals surface area contributed by atoms with E-state index in [4.69, 9.17) is 4.74 Å². The molecule has 0 bridgehead atoms. The molecule has 5 nitrogen and oxygen atoms in total. The molecular formula is C22H23FN2O3. The summed E-state index contributed by atoms with van der Waals surface area (Å²) >= 11 is 0. The van der Waals surface area contributed by atoms with Crippen molar-refractivity contribution in [1.29, 1.82) is 0 Å². The van der Waals surface area contributed by atoms with Gasteiger partial charge in [0.25, 0.3) is 0 Å². The van der Waals surface area contributed by atoms with Crippen molar-refractivity contribution in [2.24, 2.45) is 0 Å². The molecular weight excluding hydrogens is 359 g/mol. The summed E-state index contributed by atoms with van der Waals surface area (Å²) in [6, 6.07) is 14.6. The van der Waals surface area contributed by atoms with Gasteiger partial charge in [-0.3, -0.25) is 9.80 Å². The Bertz CT molecular complexity index is 885. The lowest BCUT2D eigenvalue weighted by Crippen LogP contribution is -2.36. The van der Waals surface area contributed by atoms with Gasteiger partial charge in [-0.2, -0.15) is 0 Å². The number of anilines is 1. The number of amides is 1. The first-order valence-electron chi connectivity index (χ1n) is 9.48. The minimum absolute atomic E-state index is 0.112. The first kappa shape index (κ1) is 18.7. The third-order valence-electron chi connectivity index (χ3n) is 5.29. The topological polar surface area (TPSA) is 53.0 Å². The van der Waals surface area contributed by atoms with E-state index in [-0.39, 0.29) is 19.0 Å². The fourth-order valence-corrected chi connectivity index (χ4v) is 3.77. The number of halogens is 1. The largest absolute Gasteiger partial charge is 0.447 e. The van der Waals surface area contributed by atoms with Crippen LogP contribution in [0.4, 0.5) is 14.9 Å².